The quantitative estimate of drug-likeness (QED) is 0.580. The molecule has 0 atom stereocenters. The molecule has 0 saturated carbocycles. The highest BCUT2D eigenvalue weighted by Gasteiger charge is 2.12. The van der Waals surface area contributed by atoms with Gasteiger partial charge in [-0.2, -0.15) is 0 Å². The van der Waals surface area contributed by atoms with Crippen LogP contribution in [0.25, 0.3) is 0 Å². The molecule has 12 heavy (non-hydrogen) atoms. The molecule has 0 radical (unpaired) electrons. The highest BCUT2D eigenvalue weighted by atomic mass is 79.9. The molecule has 0 unspecified atom stereocenters. The summed E-state index contributed by atoms with van der Waals surface area (Å²) in [6.07, 6.45) is 1.80. The Kier molecular flexibility index (Phi) is 4.68. The van der Waals surface area contributed by atoms with Crippen LogP contribution >= 0.6 is 15.9 Å². The van der Waals surface area contributed by atoms with Crippen molar-refractivity contribution in [2.75, 3.05) is 6.54 Å². The average Bonchev–Trinajstić information content (AvgIpc) is 2.02. The van der Waals surface area contributed by atoms with Gasteiger partial charge in [-0.25, -0.2) is 0 Å². The summed E-state index contributed by atoms with van der Waals surface area (Å²) in [7, 11) is 0. The van der Waals surface area contributed by atoms with Crippen molar-refractivity contribution in [1.29, 1.82) is 0 Å². The third-order valence-electron chi connectivity index (χ3n) is 1.42. The molecule has 0 rings (SSSR count). The molecule has 0 heterocycles. The Balaban J connectivity index is 3.88. The van der Waals surface area contributed by atoms with E-state index in [0.29, 0.717) is 6.54 Å². The summed E-state index contributed by atoms with van der Waals surface area (Å²) in [5.41, 5.74) is -0.0797. The topological polar surface area (TPSA) is 29.1 Å². The fourth-order valence-corrected chi connectivity index (χ4v) is 0.647. The second-order valence-electron chi connectivity index (χ2n) is 3.09. The van der Waals surface area contributed by atoms with Crippen molar-refractivity contribution in [3.63, 3.8) is 0 Å². The molecule has 0 fully saturated rings. The average molecular weight is 230 g/mol. The Labute approximate surface area is 81.5 Å². The van der Waals surface area contributed by atoms with Gasteiger partial charge in [-0.1, -0.05) is 19.9 Å². The highest BCUT2D eigenvalue weighted by Crippen LogP contribution is 2.13. The van der Waals surface area contributed by atoms with Gasteiger partial charge in [0, 0.05) is 28.4 Å². The number of carbonyl (C=O) groups is 1. The first-order valence-electron chi connectivity index (χ1n) is 3.55. The summed E-state index contributed by atoms with van der Waals surface area (Å²) in [6, 6.07) is 0. The van der Waals surface area contributed by atoms with Gasteiger partial charge in [-0.05, 0) is 10.2 Å². The lowest BCUT2D eigenvalue weighted by Gasteiger charge is -2.18. The number of carbonyl (C=O) groups excluding carboxylic acids is 1. The Morgan fingerprint density at radius 3 is 2.75 bits per heavy atom. The summed E-state index contributed by atoms with van der Waals surface area (Å²) in [5, 5.41) is 2.66. The van der Waals surface area contributed by atoms with Gasteiger partial charge in [-0.3, -0.25) is 4.79 Å². The van der Waals surface area contributed by atoms with Crippen LogP contribution in [0.3, 0.4) is 0 Å². The first-order valence-corrected chi connectivity index (χ1v) is 4.34. The maximum absolute atomic E-state index is 10.9. The summed E-state index contributed by atoms with van der Waals surface area (Å²) in [5.74, 6) is 2.05. The van der Waals surface area contributed by atoms with Crippen LogP contribution in [-0.2, 0) is 4.79 Å². The van der Waals surface area contributed by atoms with Crippen LogP contribution in [-0.4, -0.2) is 12.5 Å². The molecule has 0 aromatic carbocycles. The highest BCUT2D eigenvalue weighted by molar-refractivity contribution is 9.12. The van der Waals surface area contributed by atoms with Crippen LogP contribution < -0.4 is 5.32 Å². The fraction of sp³-hybridized carbons (Fsp3) is 0.444. The zero-order chi connectivity index (χ0) is 9.61. The summed E-state index contributed by atoms with van der Waals surface area (Å²) in [6.45, 7) is 8.19. The molecule has 0 bridgehead atoms. The first-order chi connectivity index (χ1) is 5.52. The predicted octanol–water partition coefficient (Wildman–Crippen LogP) is 1.67. The van der Waals surface area contributed by atoms with E-state index < -0.39 is 0 Å². The van der Waals surface area contributed by atoms with Gasteiger partial charge < -0.3 is 5.32 Å². The Morgan fingerprint density at radius 1 is 1.75 bits per heavy atom. The second kappa shape index (κ2) is 5.00. The lowest BCUT2D eigenvalue weighted by atomic mass is 9.94. The van der Waals surface area contributed by atoms with E-state index >= 15 is 0 Å². The van der Waals surface area contributed by atoms with E-state index in [1.165, 1.54) is 0 Å². The van der Waals surface area contributed by atoms with Crippen LogP contribution in [0.5, 0.6) is 0 Å². The summed E-state index contributed by atoms with van der Waals surface area (Å²) >= 11 is 2.85. The van der Waals surface area contributed by atoms with Gasteiger partial charge in [0.15, 0.2) is 0 Å². The number of hydrogen-bond donors (Lipinski definition) is 1. The van der Waals surface area contributed by atoms with E-state index in [2.05, 4.69) is 38.6 Å². The van der Waals surface area contributed by atoms with Crippen molar-refractivity contribution >= 4 is 21.8 Å². The van der Waals surface area contributed by atoms with Crippen molar-refractivity contribution in [3.05, 3.63) is 12.7 Å². The van der Waals surface area contributed by atoms with Crippen molar-refractivity contribution < 1.29 is 4.79 Å². The second-order valence-corrected chi connectivity index (χ2v) is 3.49. The molecular weight excluding hydrogens is 218 g/mol. The molecule has 0 aliphatic heterocycles. The van der Waals surface area contributed by atoms with Crippen LogP contribution in [0.4, 0.5) is 0 Å². The standard InChI is InChI=1S/C9H12BrNO/c1-4-9(2,3)7-11-8(12)5-6-10/h4H,1,7H2,2-3H3,(H,11,12). The molecule has 2 nitrogen and oxygen atoms in total. The maximum Gasteiger partial charge on any atom is 0.296 e. The van der Waals surface area contributed by atoms with E-state index in [0.717, 1.165) is 0 Å². The van der Waals surface area contributed by atoms with Crippen LogP contribution in [0.2, 0.25) is 0 Å². The normalized spacial score (nSPS) is 9.58. The minimum absolute atomic E-state index is 0.0797. The van der Waals surface area contributed by atoms with Gasteiger partial charge in [0.05, 0.1) is 0 Å². The summed E-state index contributed by atoms with van der Waals surface area (Å²) in [4.78, 5) is 13.2. The molecule has 0 aliphatic carbocycles. The number of hydrogen-bond acceptors (Lipinski definition) is 1. The lowest BCUT2D eigenvalue weighted by molar-refractivity contribution is -0.115. The minimum Gasteiger partial charge on any atom is -0.344 e. The lowest BCUT2D eigenvalue weighted by Crippen LogP contribution is -2.31. The number of rotatable bonds is 3. The molecule has 0 saturated heterocycles. The third-order valence-corrected chi connectivity index (χ3v) is 1.62. The number of nitrogens with one attached hydrogen (secondary N) is 1. The summed E-state index contributed by atoms with van der Waals surface area (Å²) < 4.78 is 0. The van der Waals surface area contributed by atoms with E-state index in [4.69, 9.17) is 0 Å². The maximum atomic E-state index is 10.9. The van der Waals surface area contributed by atoms with Crippen LogP contribution in [0.15, 0.2) is 12.7 Å². The molecule has 1 N–H and O–H groups in total. The SMILES string of the molecule is C=CC(C)(C)CNC(=O)C#CBr. The number of halogens is 1. The van der Waals surface area contributed by atoms with E-state index in [9.17, 15) is 4.79 Å². The largest absolute Gasteiger partial charge is 0.344 e. The van der Waals surface area contributed by atoms with Crippen molar-refractivity contribution in [2.24, 2.45) is 5.41 Å². The molecular formula is C9H12BrNO. The van der Waals surface area contributed by atoms with Gasteiger partial charge in [0.2, 0.25) is 0 Å². The smallest absolute Gasteiger partial charge is 0.296 e. The Bertz CT molecular complexity index is 235. The number of amides is 1. The first kappa shape index (κ1) is 11.2. The zero-order valence-electron chi connectivity index (χ0n) is 7.28. The zero-order valence-corrected chi connectivity index (χ0v) is 8.86. The molecule has 1 amide bonds. The Morgan fingerprint density at radius 2 is 2.33 bits per heavy atom. The molecule has 0 aromatic rings. The van der Waals surface area contributed by atoms with Gasteiger partial charge in [-0.15, -0.1) is 6.58 Å². The minimum atomic E-state index is -0.276. The van der Waals surface area contributed by atoms with Crippen molar-refractivity contribution in [3.8, 4) is 10.8 Å². The van der Waals surface area contributed by atoms with Crippen LogP contribution in [0.1, 0.15) is 13.8 Å². The predicted molar refractivity (Wildman–Crippen MR) is 53.7 cm³/mol. The van der Waals surface area contributed by atoms with Gasteiger partial charge >= 0.3 is 0 Å². The molecule has 0 spiro atoms. The monoisotopic (exact) mass is 229 g/mol. The molecule has 0 aliphatic rings. The van der Waals surface area contributed by atoms with Crippen molar-refractivity contribution in [1.82, 2.24) is 5.32 Å². The van der Waals surface area contributed by atoms with E-state index in [-0.39, 0.29) is 11.3 Å². The van der Waals surface area contributed by atoms with Crippen LogP contribution in [0, 0.1) is 16.2 Å². The third kappa shape index (κ3) is 4.97. The van der Waals surface area contributed by atoms with Crippen molar-refractivity contribution in [2.45, 2.75) is 13.8 Å². The molecule has 66 valence electrons. The Hall–Kier alpha value is -0.750. The fourth-order valence-electron chi connectivity index (χ4n) is 0.467. The molecule has 3 heteroatoms. The molecule has 0 aromatic heterocycles. The van der Waals surface area contributed by atoms with Gasteiger partial charge in [0.25, 0.3) is 5.91 Å². The van der Waals surface area contributed by atoms with Gasteiger partial charge in [0.1, 0.15) is 0 Å². The van der Waals surface area contributed by atoms with E-state index in [1.54, 1.807) is 6.08 Å². The van der Waals surface area contributed by atoms with E-state index in [1.807, 2.05) is 13.8 Å².